The summed E-state index contributed by atoms with van der Waals surface area (Å²) in [6.45, 7) is 6.13. The predicted octanol–water partition coefficient (Wildman–Crippen LogP) is 4.75. The molecule has 1 amide bonds. The van der Waals surface area contributed by atoms with Crippen LogP contribution < -0.4 is 9.80 Å². The van der Waals surface area contributed by atoms with Crippen molar-refractivity contribution in [3.63, 3.8) is 0 Å². The molecule has 2 aliphatic rings. The van der Waals surface area contributed by atoms with E-state index in [4.69, 9.17) is 0 Å². The molecule has 0 aliphatic carbocycles. The number of aromatic nitrogens is 1. The van der Waals surface area contributed by atoms with Crippen LogP contribution in [-0.4, -0.2) is 30.0 Å². The highest BCUT2D eigenvalue weighted by molar-refractivity contribution is 6.05. The topological polar surface area (TPSA) is 36.4 Å². The smallest absolute Gasteiger partial charge is 0.276 e. The van der Waals surface area contributed by atoms with Gasteiger partial charge in [-0.2, -0.15) is 0 Å². The number of fused-ring (bicyclic) bond motifs is 1. The zero-order chi connectivity index (χ0) is 18.8. The number of rotatable bonds is 3. The third-order valence-corrected chi connectivity index (χ3v) is 5.96. The van der Waals surface area contributed by atoms with Crippen LogP contribution in [0.1, 0.15) is 60.8 Å². The fourth-order valence-corrected chi connectivity index (χ4v) is 4.54. The molecule has 4 rings (SSSR count). The summed E-state index contributed by atoms with van der Waals surface area (Å²) in [5, 5.41) is 0. The van der Waals surface area contributed by atoms with Gasteiger partial charge in [0.1, 0.15) is 5.69 Å². The molecule has 1 saturated heterocycles. The van der Waals surface area contributed by atoms with Crippen LogP contribution in [0, 0.1) is 6.92 Å². The van der Waals surface area contributed by atoms with E-state index in [2.05, 4.69) is 35.0 Å². The molecule has 0 unspecified atom stereocenters. The lowest BCUT2D eigenvalue weighted by atomic mass is 9.96. The van der Waals surface area contributed by atoms with E-state index in [1.165, 1.54) is 36.9 Å². The van der Waals surface area contributed by atoms with E-state index in [0.29, 0.717) is 11.7 Å². The number of hydrogen-bond donors (Lipinski definition) is 0. The van der Waals surface area contributed by atoms with Crippen LogP contribution in [0.3, 0.4) is 0 Å². The highest BCUT2D eigenvalue weighted by Gasteiger charge is 2.27. The van der Waals surface area contributed by atoms with Gasteiger partial charge < -0.3 is 9.80 Å². The van der Waals surface area contributed by atoms with Gasteiger partial charge in [-0.05, 0) is 81.3 Å². The Hall–Kier alpha value is -2.36. The molecule has 0 saturated carbocycles. The number of carbonyl (C=O) groups excluding carboxylic acids is 1. The fourth-order valence-electron chi connectivity index (χ4n) is 4.54. The Kier molecular flexibility index (Phi) is 5.15. The maximum atomic E-state index is 13.1. The molecular weight excluding hydrogens is 334 g/mol. The van der Waals surface area contributed by atoms with Gasteiger partial charge in [-0.3, -0.25) is 4.79 Å². The molecule has 2 aliphatic heterocycles. The molecule has 1 aromatic carbocycles. The van der Waals surface area contributed by atoms with Crippen molar-refractivity contribution in [1.82, 2.24) is 4.98 Å². The molecule has 142 valence electrons. The first-order valence-corrected chi connectivity index (χ1v) is 10.3. The highest BCUT2D eigenvalue weighted by atomic mass is 16.2. The Balaban J connectivity index is 1.63. The van der Waals surface area contributed by atoms with Gasteiger partial charge in [0.05, 0.1) is 0 Å². The van der Waals surface area contributed by atoms with Gasteiger partial charge in [-0.25, -0.2) is 4.98 Å². The minimum absolute atomic E-state index is 0.0109. The van der Waals surface area contributed by atoms with Crippen LogP contribution in [-0.2, 0) is 6.42 Å². The number of carbonyl (C=O) groups is 1. The summed E-state index contributed by atoms with van der Waals surface area (Å²) in [7, 11) is 0. The van der Waals surface area contributed by atoms with Gasteiger partial charge >= 0.3 is 0 Å². The highest BCUT2D eigenvalue weighted by Crippen LogP contribution is 2.34. The second kappa shape index (κ2) is 7.71. The fraction of sp³-hybridized carbons (Fsp3) is 0.478. The molecule has 2 aromatic rings. The maximum Gasteiger partial charge on any atom is 0.276 e. The number of anilines is 2. The molecule has 1 aromatic heterocycles. The van der Waals surface area contributed by atoms with Crippen LogP contribution in [0.2, 0.25) is 0 Å². The summed E-state index contributed by atoms with van der Waals surface area (Å²) in [6, 6.07) is 13.0. The maximum absolute atomic E-state index is 13.1. The van der Waals surface area contributed by atoms with Gasteiger partial charge in [-0.1, -0.05) is 13.0 Å². The Bertz CT molecular complexity index is 832. The predicted molar refractivity (Wildman–Crippen MR) is 111 cm³/mol. The number of piperidine rings is 1. The molecular formula is C23H29N3O. The number of aryl methyl sites for hydroxylation is 2. The minimum Gasteiger partial charge on any atom is -0.369 e. The molecule has 0 radical (unpaired) electrons. The quantitative estimate of drug-likeness (QED) is 0.789. The zero-order valence-electron chi connectivity index (χ0n) is 16.4. The van der Waals surface area contributed by atoms with Gasteiger partial charge in [0.25, 0.3) is 5.91 Å². The van der Waals surface area contributed by atoms with Gasteiger partial charge in [0, 0.05) is 36.2 Å². The monoisotopic (exact) mass is 363 g/mol. The van der Waals surface area contributed by atoms with Crippen LogP contribution in [0.4, 0.5) is 11.4 Å². The molecule has 4 heteroatoms. The average molecular weight is 364 g/mol. The Morgan fingerprint density at radius 2 is 2.04 bits per heavy atom. The normalized spacial score (nSPS) is 19.7. The third-order valence-electron chi connectivity index (χ3n) is 5.96. The average Bonchev–Trinajstić information content (AvgIpc) is 2.72. The van der Waals surface area contributed by atoms with Crippen molar-refractivity contribution >= 4 is 17.3 Å². The first-order chi connectivity index (χ1) is 13.2. The van der Waals surface area contributed by atoms with Crippen LogP contribution in [0.15, 0.2) is 36.4 Å². The molecule has 1 fully saturated rings. The van der Waals surface area contributed by atoms with Crippen molar-refractivity contribution in [2.75, 3.05) is 22.9 Å². The first-order valence-electron chi connectivity index (χ1n) is 10.3. The number of pyridine rings is 1. The summed E-state index contributed by atoms with van der Waals surface area (Å²) in [4.78, 5) is 22.0. The summed E-state index contributed by atoms with van der Waals surface area (Å²) < 4.78 is 0. The Morgan fingerprint density at radius 3 is 2.85 bits per heavy atom. The summed E-state index contributed by atoms with van der Waals surface area (Å²) >= 11 is 0. The molecule has 3 heterocycles. The second-order valence-electron chi connectivity index (χ2n) is 7.79. The van der Waals surface area contributed by atoms with E-state index in [1.54, 1.807) is 0 Å². The van der Waals surface area contributed by atoms with Crippen LogP contribution in [0.5, 0.6) is 0 Å². The second-order valence-corrected chi connectivity index (χ2v) is 7.79. The van der Waals surface area contributed by atoms with Crippen molar-refractivity contribution in [3.8, 4) is 0 Å². The van der Waals surface area contributed by atoms with E-state index in [-0.39, 0.29) is 5.91 Å². The number of nitrogens with zero attached hydrogens (tertiary/aromatic N) is 3. The lowest BCUT2D eigenvalue weighted by molar-refractivity contribution is 0.0980. The van der Waals surface area contributed by atoms with Gasteiger partial charge in [-0.15, -0.1) is 0 Å². The lowest BCUT2D eigenvalue weighted by Gasteiger charge is -2.38. The number of benzene rings is 1. The van der Waals surface area contributed by atoms with E-state index >= 15 is 0 Å². The van der Waals surface area contributed by atoms with Crippen LogP contribution >= 0.6 is 0 Å². The van der Waals surface area contributed by atoms with E-state index in [1.807, 2.05) is 30.0 Å². The van der Waals surface area contributed by atoms with Crippen molar-refractivity contribution in [2.45, 2.75) is 58.4 Å². The van der Waals surface area contributed by atoms with Crippen molar-refractivity contribution < 1.29 is 4.79 Å². The van der Waals surface area contributed by atoms with E-state index in [0.717, 1.165) is 37.3 Å². The zero-order valence-corrected chi connectivity index (χ0v) is 16.4. The third kappa shape index (κ3) is 3.58. The number of hydrogen-bond acceptors (Lipinski definition) is 3. The van der Waals surface area contributed by atoms with Crippen molar-refractivity contribution in [3.05, 3.63) is 53.3 Å². The molecule has 0 N–H and O–H groups in total. The number of amides is 1. The molecule has 0 bridgehead atoms. The van der Waals surface area contributed by atoms with E-state index < -0.39 is 0 Å². The first kappa shape index (κ1) is 18.0. The van der Waals surface area contributed by atoms with E-state index in [9.17, 15) is 4.79 Å². The Morgan fingerprint density at radius 1 is 1.15 bits per heavy atom. The SMILES string of the molecule is CC[C@H]1CCCCN1c1ccc2c(c1)CCCN2C(=O)c1cccc(C)n1. The van der Waals surface area contributed by atoms with Crippen molar-refractivity contribution in [2.24, 2.45) is 0 Å². The standard InChI is InChI=1S/C23H29N3O/c1-3-19-10-4-5-14-25(19)20-12-13-22-18(16-20)9-7-15-26(22)23(27)21-11-6-8-17(2)24-21/h6,8,11-13,16,19H,3-5,7,9-10,14-15H2,1-2H3/t19-/m0/s1. The molecule has 4 nitrogen and oxygen atoms in total. The molecule has 1 atom stereocenters. The summed E-state index contributed by atoms with van der Waals surface area (Å²) in [5.41, 5.74) is 5.09. The minimum atomic E-state index is 0.0109. The lowest BCUT2D eigenvalue weighted by Crippen LogP contribution is -2.39. The molecule has 27 heavy (non-hydrogen) atoms. The van der Waals surface area contributed by atoms with Crippen LogP contribution in [0.25, 0.3) is 0 Å². The Labute approximate surface area is 162 Å². The summed E-state index contributed by atoms with van der Waals surface area (Å²) in [5.74, 6) is 0.0109. The molecule has 0 spiro atoms. The van der Waals surface area contributed by atoms with Gasteiger partial charge in [0.15, 0.2) is 0 Å². The van der Waals surface area contributed by atoms with Crippen molar-refractivity contribution in [1.29, 1.82) is 0 Å². The summed E-state index contributed by atoms with van der Waals surface area (Å²) in [6.07, 6.45) is 7.14. The largest absolute Gasteiger partial charge is 0.369 e. The van der Waals surface area contributed by atoms with Gasteiger partial charge in [0.2, 0.25) is 0 Å².